The first-order valence-electron chi connectivity index (χ1n) is 9.06. The molecule has 0 saturated carbocycles. The third-order valence-electron chi connectivity index (χ3n) is 4.00. The van der Waals surface area contributed by atoms with Gasteiger partial charge in [-0.25, -0.2) is 4.21 Å². The predicted molar refractivity (Wildman–Crippen MR) is 107 cm³/mol. The SMILES string of the molecule is CCCOc1ccc(C(C(=O)OCC)C(=O)c2ccc(CS(=O)O)cc2)cc1. The zero-order chi connectivity index (χ0) is 20.5. The molecule has 0 bridgehead atoms. The Morgan fingerprint density at radius 2 is 1.68 bits per heavy atom. The van der Waals surface area contributed by atoms with Gasteiger partial charge in [-0.3, -0.25) is 9.59 Å². The molecule has 0 aliphatic heterocycles. The van der Waals surface area contributed by atoms with Crippen LogP contribution in [-0.4, -0.2) is 33.7 Å². The van der Waals surface area contributed by atoms with Crippen LogP contribution < -0.4 is 4.74 Å². The summed E-state index contributed by atoms with van der Waals surface area (Å²) in [7, 11) is 0. The van der Waals surface area contributed by atoms with Crippen LogP contribution in [0.15, 0.2) is 48.5 Å². The van der Waals surface area contributed by atoms with Crippen LogP contribution >= 0.6 is 0 Å². The Morgan fingerprint density at radius 3 is 2.21 bits per heavy atom. The predicted octanol–water partition coefficient (Wildman–Crippen LogP) is 3.73. The van der Waals surface area contributed by atoms with Crippen molar-refractivity contribution in [2.75, 3.05) is 13.2 Å². The summed E-state index contributed by atoms with van der Waals surface area (Å²) in [5.74, 6) is -1.44. The number of ketones is 1. The molecule has 0 aromatic heterocycles. The zero-order valence-corrected chi connectivity index (χ0v) is 16.7. The minimum atomic E-state index is -1.96. The highest BCUT2D eigenvalue weighted by molar-refractivity contribution is 7.78. The molecule has 2 aromatic carbocycles. The molecule has 0 radical (unpaired) electrons. The van der Waals surface area contributed by atoms with E-state index in [1.807, 2.05) is 6.92 Å². The molecular formula is C21H24O6S. The monoisotopic (exact) mass is 404 g/mol. The number of esters is 1. The molecule has 0 saturated heterocycles. The van der Waals surface area contributed by atoms with E-state index < -0.39 is 28.8 Å². The van der Waals surface area contributed by atoms with Crippen molar-refractivity contribution in [2.24, 2.45) is 0 Å². The maximum Gasteiger partial charge on any atom is 0.321 e. The van der Waals surface area contributed by atoms with Crippen molar-refractivity contribution in [1.29, 1.82) is 0 Å². The van der Waals surface area contributed by atoms with Crippen molar-refractivity contribution >= 4 is 22.8 Å². The first-order valence-corrected chi connectivity index (χ1v) is 10.3. The van der Waals surface area contributed by atoms with Crippen LogP contribution in [0, 0.1) is 0 Å². The van der Waals surface area contributed by atoms with E-state index >= 15 is 0 Å². The van der Waals surface area contributed by atoms with Gasteiger partial charge in [0, 0.05) is 5.56 Å². The van der Waals surface area contributed by atoms with Crippen LogP contribution in [0.2, 0.25) is 0 Å². The molecule has 28 heavy (non-hydrogen) atoms. The van der Waals surface area contributed by atoms with E-state index in [1.165, 1.54) is 0 Å². The Hall–Kier alpha value is -2.51. The Kier molecular flexibility index (Phi) is 8.35. The van der Waals surface area contributed by atoms with Crippen LogP contribution in [0.1, 0.15) is 47.7 Å². The highest BCUT2D eigenvalue weighted by Crippen LogP contribution is 2.25. The molecule has 0 amide bonds. The number of Topliss-reactive ketones (excluding diaryl/α,β-unsaturated/α-hetero) is 1. The number of benzene rings is 2. The average Bonchev–Trinajstić information content (AvgIpc) is 2.68. The molecule has 2 unspecified atom stereocenters. The summed E-state index contributed by atoms with van der Waals surface area (Å²) in [5.41, 5.74) is 1.48. The number of hydrogen-bond donors (Lipinski definition) is 1. The number of rotatable bonds is 10. The molecule has 0 fully saturated rings. The van der Waals surface area contributed by atoms with E-state index in [2.05, 4.69) is 0 Å². The number of carbonyl (C=O) groups excluding carboxylic acids is 2. The Bertz CT molecular complexity index is 814. The molecule has 2 atom stereocenters. The van der Waals surface area contributed by atoms with Gasteiger partial charge in [-0.1, -0.05) is 43.3 Å². The second-order valence-electron chi connectivity index (χ2n) is 6.13. The molecule has 7 heteroatoms. The van der Waals surface area contributed by atoms with E-state index in [1.54, 1.807) is 55.5 Å². The highest BCUT2D eigenvalue weighted by Gasteiger charge is 2.30. The van der Waals surface area contributed by atoms with Crippen molar-refractivity contribution in [3.8, 4) is 5.75 Å². The third kappa shape index (κ3) is 6.00. The quantitative estimate of drug-likeness (QED) is 0.281. The van der Waals surface area contributed by atoms with Gasteiger partial charge in [0.05, 0.1) is 19.0 Å². The maximum absolute atomic E-state index is 13.0. The van der Waals surface area contributed by atoms with E-state index in [-0.39, 0.29) is 12.4 Å². The fraction of sp³-hybridized carbons (Fsp3) is 0.333. The zero-order valence-electron chi connectivity index (χ0n) is 15.9. The lowest BCUT2D eigenvalue weighted by molar-refractivity contribution is -0.143. The van der Waals surface area contributed by atoms with Crippen molar-refractivity contribution in [3.63, 3.8) is 0 Å². The molecule has 2 rings (SSSR count). The molecule has 0 aliphatic rings. The third-order valence-corrected chi connectivity index (χ3v) is 4.58. The van der Waals surface area contributed by atoms with Gasteiger partial charge in [0.25, 0.3) is 0 Å². The first-order chi connectivity index (χ1) is 13.5. The van der Waals surface area contributed by atoms with E-state index in [4.69, 9.17) is 14.0 Å². The van der Waals surface area contributed by atoms with Crippen LogP contribution in [-0.2, 0) is 26.4 Å². The van der Waals surface area contributed by atoms with Gasteiger partial charge in [0.2, 0.25) is 0 Å². The summed E-state index contributed by atoms with van der Waals surface area (Å²) < 4.78 is 30.5. The maximum atomic E-state index is 13.0. The fourth-order valence-electron chi connectivity index (χ4n) is 2.67. The van der Waals surface area contributed by atoms with Crippen LogP contribution in [0.25, 0.3) is 0 Å². The second kappa shape index (κ2) is 10.7. The molecule has 6 nitrogen and oxygen atoms in total. The van der Waals surface area contributed by atoms with E-state index in [0.717, 1.165) is 6.42 Å². The van der Waals surface area contributed by atoms with Crippen molar-refractivity contribution in [2.45, 2.75) is 31.9 Å². The summed E-state index contributed by atoms with van der Waals surface area (Å²) in [5, 5.41) is 0. The normalized spacial score (nSPS) is 12.8. The highest BCUT2D eigenvalue weighted by atomic mass is 32.2. The molecule has 2 aromatic rings. The first kappa shape index (κ1) is 21.8. The van der Waals surface area contributed by atoms with Crippen molar-refractivity contribution in [3.05, 3.63) is 65.2 Å². The minimum absolute atomic E-state index is 0.0189. The number of ether oxygens (including phenoxy) is 2. The summed E-state index contributed by atoms with van der Waals surface area (Å²) in [4.78, 5) is 25.5. The lowest BCUT2D eigenvalue weighted by Gasteiger charge is -2.16. The second-order valence-corrected chi connectivity index (χ2v) is 7.06. The van der Waals surface area contributed by atoms with E-state index in [0.29, 0.717) is 29.0 Å². The summed E-state index contributed by atoms with van der Waals surface area (Å²) in [6.07, 6.45) is 0.881. The topological polar surface area (TPSA) is 89.9 Å². The largest absolute Gasteiger partial charge is 0.494 e. The fourth-order valence-corrected chi connectivity index (χ4v) is 3.15. The average molecular weight is 404 g/mol. The van der Waals surface area contributed by atoms with Crippen molar-refractivity contribution < 1.29 is 27.8 Å². The van der Waals surface area contributed by atoms with Gasteiger partial charge in [-0.15, -0.1) is 0 Å². The standard InChI is InChI=1S/C21H24O6S/c1-3-13-27-18-11-9-16(10-12-18)19(21(23)26-4-2)20(22)17-7-5-15(6-8-17)14-28(24)25/h5-12,19H,3-4,13-14H2,1-2H3,(H,24,25). The molecule has 0 aliphatic carbocycles. The molecule has 0 heterocycles. The number of hydrogen-bond acceptors (Lipinski definition) is 5. The lowest BCUT2D eigenvalue weighted by Crippen LogP contribution is -2.24. The summed E-state index contributed by atoms with van der Waals surface area (Å²) in [6, 6.07) is 13.1. The van der Waals surface area contributed by atoms with Crippen LogP contribution in [0.5, 0.6) is 5.75 Å². The number of carbonyl (C=O) groups is 2. The van der Waals surface area contributed by atoms with Gasteiger partial charge in [0.1, 0.15) is 11.7 Å². The Labute approximate surface area is 167 Å². The minimum Gasteiger partial charge on any atom is -0.494 e. The van der Waals surface area contributed by atoms with Gasteiger partial charge < -0.3 is 14.0 Å². The molecule has 150 valence electrons. The molecule has 1 N–H and O–H groups in total. The Morgan fingerprint density at radius 1 is 1.04 bits per heavy atom. The molecule has 0 spiro atoms. The van der Waals surface area contributed by atoms with Gasteiger partial charge in [-0.2, -0.15) is 0 Å². The van der Waals surface area contributed by atoms with Gasteiger partial charge >= 0.3 is 5.97 Å². The van der Waals surface area contributed by atoms with Crippen LogP contribution in [0.3, 0.4) is 0 Å². The van der Waals surface area contributed by atoms with Gasteiger partial charge in [0.15, 0.2) is 16.9 Å². The smallest absolute Gasteiger partial charge is 0.321 e. The Balaban J connectivity index is 2.28. The molecular weight excluding hydrogens is 380 g/mol. The van der Waals surface area contributed by atoms with E-state index in [9.17, 15) is 13.8 Å². The van der Waals surface area contributed by atoms with Gasteiger partial charge in [-0.05, 0) is 36.6 Å². The van der Waals surface area contributed by atoms with Crippen LogP contribution in [0.4, 0.5) is 0 Å². The summed E-state index contributed by atoms with van der Waals surface area (Å²) in [6.45, 7) is 4.45. The lowest BCUT2D eigenvalue weighted by atomic mass is 9.90. The van der Waals surface area contributed by atoms with Crippen molar-refractivity contribution in [1.82, 2.24) is 0 Å². The summed E-state index contributed by atoms with van der Waals surface area (Å²) >= 11 is -1.96.